The number of aromatic nitrogens is 4. The molecule has 4 heterocycles. The van der Waals surface area contributed by atoms with Crippen LogP contribution < -0.4 is 16.6 Å². The van der Waals surface area contributed by atoms with Gasteiger partial charge in [-0.3, -0.25) is 14.2 Å². The summed E-state index contributed by atoms with van der Waals surface area (Å²) in [5.41, 5.74) is 9.96. The molecule has 1 atom stereocenters. The molecule has 38 heavy (non-hydrogen) atoms. The molecule has 190 valence electrons. The molecule has 1 amide bonds. The molecule has 0 spiro atoms. The van der Waals surface area contributed by atoms with Gasteiger partial charge in [0.2, 0.25) is 0 Å². The van der Waals surface area contributed by atoms with Crippen LogP contribution >= 0.6 is 0 Å². The van der Waals surface area contributed by atoms with Gasteiger partial charge in [-0.1, -0.05) is 30.3 Å². The quantitative estimate of drug-likeness (QED) is 0.374. The molecule has 9 nitrogen and oxygen atoms in total. The van der Waals surface area contributed by atoms with Crippen LogP contribution in [0.5, 0.6) is 0 Å². The number of nitrogens with zero attached hydrogens (tertiary/aromatic N) is 5. The minimum Gasteiger partial charge on any atom is -0.383 e. The van der Waals surface area contributed by atoms with E-state index in [0.29, 0.717) is 23.2 Å². The normalized spacial score (nSPS) is 15.7. The molecular formula is C29H27N7O2. The van der Waals surface area contributed by atoms with Crippen LogP contribution in [0.3, 0.4) is 0 Å². The summed E-state index contributed by atoms with van der Waals surface area (Å²) in [6.07, 6.45) is 6.30. The van der Waals surface area contributed by atoms with E-state index in [1.807, 2.05) is 54.6 Å². The van der Waals surface area contributed by atoms with Crippen molar-refractivity contribution in [1.29, 1.82) is 0 Å². The summed E-state index contributed by atoms with van der Waals surface area (Å²) in [6, 6.07) is 20.2. The number of nitrogens with two attached hydrogens (primary N) is 1. The fourth-order valence-corrected chi connectivity index (χ4v) is 5.13. The van der Waals surface area contributed by atoms with Crippen LogP contribution in [-0.2, 0) is 0 Å². The topological polar surface area (TPSA) is 111 Å². The summed E-state index contributed by atoms with van der Waals surface area (Å²) in [7, 11) is 2.12. The van der Waals surface area contributed by atoms with E-state index in [2.05, 4.69) is 38.0 Å². The Hall–Kier alpha value is -4.76. The molecule has 5 aromatic rings. The van der Waals surface area contributed by atoms with Crippen molar-refractivity contribution in [1.82, 2.24) is 24.0 Å². The van der Waals surface area contributed by atoms with E-state index in [1.165, 1.54) is 17.0 Å². The van der Waals surface area contributed by atoms with Gasteiger partial charge in [0, 0.05) is 41.9 Å². The fourth-order valence-electron chi connectivity index (χ4n) is 5.13. The van der Waals surface area contributed by atoms with Crippen molar-refractivity contribution in [3.8, 4) is 16.8 Å². The van der Waals surface area contributed by atoms with Gasteiger partial charge < -0.3 is 20.5 Å². The average molecular weight is 506 g/mol. The first-order valence-electron chi connectivity index (χ1n) is 12.5. The molecule has 1 fully saturated rings. The lowest BCUT2D eigenvalue weighted by Crippen LogP contribution is -2.27. The van der Waals surface area contributed by atoms with E-state index in [1.54, 1.807) is 12.3 Å². The van der Waals surface area contributed by atoms with Crippen molar-refractivity contribution >= 4 is 28.4 Å². The number of hydrogen-bond acceptors (Lipinski definition) is 6. The number of nitrogen functional groups attached to an aromatic ring is 1. The van der Waals surface area contributed by atoms with Crippen molar-refractivity contribution in [3.05, 3.63) is 101 Å². The third kappa shape index (κ3) is 4.22. The predicted molar refractivity (Wildman–Crippen MR) is 149 cm³/mol. The number of carbonyl (C=O) groups is 1. The van der Waals surface area contributed by atoms with Crippen LogP contribution in [0, 0.1) is 0 Å². The summed E-state index contributed by atoms with van der Waals surface area (Å²) >= 11 is 0. The number of likely N-dealkylation sites (tertiary alicyclic amines) is 1. The summed E-state index contributed by atoms with van der Waals surface area (Å²) in [6.45, 7) is 1.98. The van der Waals surface area contributed by atoms with Gasteiger partial charge >= 0.3 is 0 Å². The lowest BCUT2D eigenvalue weighted by Gasteiger charge is -2.13. The van der Waals surface area contributed by atoms with E-state index < -0.39 is 5.91 Å². The van der Waals surface area contributed by atoms with Crippen molar-refractivity contribution in [2.24, 2.45) is 0 Å². The molecule has 3 aromatic heterocycles. The van der Waals surface area contributed by atoms with Crippen LogP contribution in [0.4, 0.5) is 11.5 Å². The molecule has 0 saturated carbocycles. The fraction of sp³-hybridized carbons (Fsp3) is 0.172. The van der Waals surface area contributed by atoms with Crippen molar-refractivity contribution in [2.45, 2.75) is 12.5 Å². The van der Waals surface area contributed by atoms with Crippen LogP contribution in [-0.4, -0.2) is 50.0 Å². The van der Waals surface area contributed by atoms with Gasteiger partial charge in [-0.25, -0.2) is 9.97 Å². The molecule has 0 aliphatic carbocycles. The average Bonchev–Trinajstić information content (AvgIpc) is 3.54. The lowest BCUT2D eigenvalue weighted by atomic mass is 10.1. The van der Waals surface area contributed by atoms with Crippen LogP contribution in [0.25, 0.3) is 27.8 Å². The molecule has 1 aliphatic heterocycles. The summed E-state index contributed by atoms with van der Waals surface area (Å²) < 4.78 is 3.66. The van der Waals surface area contributed by atoms with Gasteiger partial charge in [0.05, 0.1) is 5.39 Å². The smallest absolute Gasteiger partial charge is 0.267 e. The maximum absolute atomic E-state index is 13.0. The van der Waals surface area contributed by atoms with Crippen LogP contribution in [0.15, 0.2) is 90.2 Å². The SMILES string of the molecule is CN1CCC(n2cc(-c3ccc(NC(=O)c4cccn(-c5ccccc5)c4=O)cc3)c3c(N)ncnc32)C1. The largest absolute Gasteiger partial charge is 0.383 e. The number of hydrogen-bond donors (Lipinski definition) is 2. The Bertz CT molecular complexity index is 1690. The third-order valence-corrected chi connectivity index (χ3v) is 7.08. The van der Waals surface area contributed by atoms with E-state index in [0.717, 1.165) is 41.7 Å². The summed E-state index contributed by atoms with van der Waals surface area (Å²) in [4.78, 5) is 37.1. The maximum Gasteiger partial charge on any atom is 0.267 e. The number of benzene rings is 2. The minimum absolute atomic E-state index is 0.0648. The Balaban J connectivity index is 1.28. The molecule has 0 radical (unpaired) electrons. The molecule has 1 saturated heterocycles. The number of carbonyl (C=O) groups excluding carboxylic acids is 1. The summed E-state index contributed by atoms with van der Waals surface area (Å²) in [5.74, 6) is -0.0288. The standard InChI is InChI=1S/C29H27N7O2/c1-34-15-13-22(16-34)36-17-24(25-26(30)31-18-32-27(25)36)19-9-11-20(12-10-19)33-28(37)23-8-5-14-35(29(23)38)21-6-3-2-4-7-21/h2-12,14,17-18,22H,13,15-16H2,1H3,(H,33,37)(H2,30,31,32). The number of rotatable bonds is 5. The molecular weight excluding hydrogens is 478 g/mol. The van der Waals surface area contributed by atoms with E-state index >= 15 is 0 Å². The number of fused-ring (bicyclic) bond motifs is 1. The second kappa shape index (κ2) is 9.60. The van der Waals surface area contributed by atoms with Gasteiger partial charge in [-0.15, -0.1) is 0 Å². The molecule has 2 aromatic carbocycles. The highest BCUT2D eigenvalue weighted by Gasteiger charge is 2.25. The van der Waals surface area contributed by atoms with E-state index in [-0.39, 0.29) is 11.1 Å². The Labute approximate surface area is 219 Å². The van der Waals surface area contributed by atoms with Gasteiger partial charge in [0.15, 0.2) is 0 Å². The molecule has 9 heteroatoms. The third-order valence-electron chi connectivity index (χ3n) is 7.08. The van der Waals surface area contributed by atoms with E-state index in [4.69, 9.17) is 5.73 Å². The second-order valence-corrected chi connectivity index (χ2v) is 9.58. The van der Waals surface area contributed by atoms with Gasteiger partial charge in [0.1, 0.15) is 23.4 Å². The molecule has 1 aliphatic rings. The van der Waals surface area contributed by atoms with Crippen molar-refractivity contribution in [3.63, 3.8) is 0 Å². The maximum atomic E-state index is 13.0. The first-order valence-corrected chi connectivity index (χ1v) is 12.5. The summed E-state index contributed by atoms with van der Waals surface area (Å²) in [5, 5.41) is 3.67. The van der Waals surface area contributed by atoms with Gasteiger partial charge in [-0.2, -0.15) is 0 Å². The highest BCUT2D eigenvalue weighted by Crippen LogP contribution is 2.36. The van der Waals surface area contributed by atoms with Crippen molar-refractivity contribution in [2.75, 3.05) is 31.2 Å². The first-order chi connectivity index (χ1) is 18.5. The van der Waals surface area contributed by atoms with Gasteiger partial charge in [-0.05, 0) is 62.0 Å². The minimum atomic E-state index is -0.465. The Kier molecular flexibility index (Phi) is 5.97. The lowest BCUT2D eigenvalue weighted by molar-refractivity contribution is 0.102. The van der Waals surface area contributed by atoms with E-state index in [9.17, 15) is 9.59 Å². The molecule has 3 N–H and O–H groups in total. The monoisotopic (exact) mass is 505 g/mol. The van der Waals surface area contributed by atoms with Crippen LogP contribution in [0.1, 0.15) is 22.8 Å². The Morgan fingerprint density at radius 2 is 1.82 bits per heavy atom. The number of anilines is 2. The molecule has 0 bridgehead atoms. The number of para-hydroxylation sites is 1. The zero-order chi connectivity index (χ0) is 26.2. The molecule has 6 rings (SSSR count). The zero-order valence-corrected chi connectivity index (χ0v) is 20.9. The highest BCUT2D eigenvalue weighted by atomic mass is 16.2. The van der Waals surface area contributed by atoms with Gasteiger partial charge in [0.25, 0.3) is 11.5 Å². The second-order valence-electron chi connectivity index (χ2n) is 9.58. The van der Waals surface area contributed by atoms with Crippen molar-refractivity contribution < 1.29 is 4.79 Å². The number of pyridine rings is 1. The Morgan fingerprint density at radius 1 is 1.03 bits per heavy atom. The zero-order valence-electron chi connectivity index (χ0n) is 20.9. The first kappa shape index (κ1) is 23.6. The number of amides is 1. The molecule has 1 unspecified atom stereocenters. The number of nitrogens with one attached hydrogen (secondary N) is 1. The van der Waals surface area contributed by atoms with Crippen LogP contribution in [0.2, 0.25) is 0 Å². The number of likely N-dealkylation sites (N-methyl/N-ethyl adjacent to an activating group) is 1. The Morgan fingerprint density at radius 3 is 2.55 bits per heavy atom. The predicted octanol–water partition coefficient (Wildman–Crippen LogP) is 3.96. The highest BCUT2D eigenvalue weighted by molar-refractivity contribution is 6.04.